The Kier molecular flexibility index (Phi) is 2.60. The molecule has 0 radical (unpaired) electrons. The number of benzene rings is 1. The highest BCUT2D eigenvalue weighted by atomic mass is 35.5. The zero-order valence-corrected chi connectivity index (χ0v) is 10.9. The molecule has 0 spiro atoms. The van der Waals surface area contributed by atoms with Gasteiger partial charge in [-0.1, -0.05) is 30.2 Å². The summed E-state index contributed by atoms with van der Waals surface area (Å²) in [4.78, 5) is 4.47. The maximum Gasteiger partial charge on any atom is 0.180 e. The van der Waals surface area contributed by atoms with Crippen molar-refractivity contribution in [1.29, 1.82) is 0 Å². The van der Waals surface area contributed by atoms with Crippen molar-refractivity contribution in [3.63, 3.8) is 0 Å². The second-order valence-electron chi connectivity index (χ2n) is 4.51. The molecule has 2 nitrogen and oxygen atoms in total. The van der Waals surface area contributed by atoms with Crippen LogP contribution in [0.4, 0.5) is 5.13 Å². The molecule has 4 heteroatoms. The minimum absolute atomic E-state index is 0.0821. The highest BCUT2D eigenvalue weighted by Gasteiger charge is 2.42. The number of rotatable bonds is 2. The predicted octanol–water partition coefficient (Wildman–Crippen LogP) is 3.85. The van der Waals surface area contributed by atoms with Crippen LogP contribution in [0.2, 0.25) is 5.02 Å². The molecule has 0 bridgehead atoms. The van der Waals surface area contributed by atoms with E-state index >= 15 is 0 Å². The van der Waals surface area contributed by atoms with Crippen molar-refractivity contribution in [1.82, 2.24) is 4.98 Å². The molecule has 88 valence electrons. The Morgan fingerprint density at radius 3 is 2.41 bits per heavy atom. The number of nitrogens with zero attached hydrogens (tertiary/aromatic N) is 1. The third-order valence-corrected chi connectivity index (χ3v) is 4.54. The summed E-state index contributed by atoms with van der Waals surface area (Å²) in [5.41, 5.74) is 8.25. The maximum atomic E-state index is 5.94. The third kappa shape index (κ3) is 1.74. The first-order valence-electron chi connectivity index (χ1n) is 5.68. The minimum atomic E-state index is 0.0821. The summed E-state index contributed by atoms with van der Waals surface area (Å²) in [6.45, 7) is 0. The van der Waals surface area contributed by atoms with E-state index in [9.17, 15) is 0 Å². The lowest BCUT2D eigenvalue weighted by molar-refractivity contribution is 0.295. The second kappa shape index (κ2) is 4.00. The van der Waals surface area contributed by atoms with E-state index in [4.69, 9.17) is 17.3 Å². The fourth-order valence-electron chi connectivity index (χ4n) is 2.50. The van der Waals surface area contributed by atoms with E-state index in [0.29, 0.717) is 5.13 Å². The molecule has 1 saturated carbocycles. The number of hydrogen-bond acceptors (Lipinski definition) is 3. The smallest absolute Gasteiger partial charge is 0.180 e. The lowest BCUT2D eigenvalue weighted by atomic mass is 9.63. The van der Waals surface area contributed by atoms with Crippen molar-refractivity contribution >= 4 is 28.1 Å². The highest BCUT2D eigenvalue weighted by molar-refractivity contribution is 7.13. The van der Waals surface area contributed by atoms with E-state index in [0.717, 1.165) is 23.6 Å². The van der Waals surface area contributed by atoms with Crippen molar-refractivity contribution in [2.24, 2.45) is 0 Å². The van der Waals surface area contributed by atoms with Crippen LogP contribution in [0.3, 0.4) is 0 Å². The highest BCUT2D eigenvalue weighted by Crippen LogP contribution is 2.49. The van der Waals surface area contributed by atoms with Gasteiger partial charge >= 0.3 is 0 Å². The number of aromatic nitrogens is 1. The van der Waals surface area contributed by atoms with Crippen molar-refractivity contribution in [3.8, 4) is 0 Å². The van der Waals surface area contributed by atoms with Crippen molar-refractivity contribution < 1.29 is 0 Å². The Morgan fingerprint density at radius 2 is 1.94 bits per heavy atom. The molecule has 2 N–H and O–H groups in total. The van der Waals surface area contributed by atoms with Crippen LogP contribution < -0.4 is 5.73 Å². The van der Waals surface area contributed by atoms with E-state index < -0.39 is 0 Å². The lowest BCUT2D eigenvalue weighted by Gasteiger charge is -2.41. The average Bonchev–Trinajstić information content (AvgIpc) is 2.67. The molecule has 0 atom stereocenters. The number of anilines is 1. The Morgan fingerprint density at radius 1 is 1.24 bits per heavy atom. The van der Waals surface area contributed by atoms with E-state index in [1.54, 1.807) is 0 Å². The molecule has 2 aromatic rings. The first-order valence-corrected chi connectivity index (χ1v) is 6.94. The summed E-state index contributed by atoms with van der Waals surface area (Å²) in [7, 11) is 0. The van der Waals surface area contributed by atoms with Crippen LogP contribution >= 0.6 is 22.9 Å². The van der Waals surface area contributed by atoms with E-state index in [1.807, 2.05) is 12.1 Å². The Hall–Kier alpha value is -1.06. The van der Waals surface area contributed by atoms with Crippen LogP contribution in [0.1, 0.15) is 30.5 Å². The Balaban J connectivity index is 2.05. The molecular weight excluding hydrogens is 252 g/mol. The Bertz CT molecular complexity index is 529. The molecule has 3 rings (SSSR count). The molecule has 1 aromatic carbocycles. The van der Waals surface area contributed by atoms with E-state index in [1.165, 1.54) is 23.3 Å². The molecule has 1 aliphatic carbocycles. The van der Waals surface area contributed by atoms with Gasteiger partial charge in [-0.15, -0.1) is 11.3 Å². The number of halogens is 1. The van der Waals surface area contributed by atoms with Gasteiger partial charge in [-0.3, -0.25) is 0 Å². The summed E-state index contributed by atoms with van der Waals surface area (Å²) in [6.07, 6.45) is 3.55. The molecular formula is C13H13ClN2S. The van der Waals surface area contributed by atoms with Gasteiger partial charge in [-0.25, -0.2) is 4.98 Å². The topological polar surface area (TPSA) is 38.9 Å². The van der Waals surface area contributed by atoms with Crippen molar-refractivity contribution in [2.75, 3.05) is 5.73 Å². The van der Waals surface area contributed by atoms with Gasteiger partial charge in [-0.05, 0) is 30.5 Å². The fourth-order valence-corrected chi connectivity index (χ4v) is 3.29. The van der Waals surface area contributed by atoms with Crippen LogP contribution in [0.15, 0.2) is 29.6 Å². The molecule has 0 saturated heterocycles. The second-order valence-corrected chi connectivity index (χ2v) is 5.84. The first kappa shape index (κ1) is 11.1. The summed E-state index contributed by atoms with van der Waals surface area (Å²) >= 11 is 7.46. The predicted molar refractivity (Wildman–Crippen MR) is 72.6 cm³/mol. The number of hydrogen-bond donors (Lipinski definition) is 1. The summed E-state index contributed by atoms with van der Waals surface area (Å²) in [5, 5.41) is 3.52. The Labute approximate surface area is 109 Å². The fraction of sp³-hybridized carbons (Fsp3) is 0.308. The molecule has 0 amide bonds. The third-order valence-electron chi connectivity index (χ3n) is 3.62. The summed E-state index contributed by atoms with van der Waals surface area (Å²) in [6, 6.07) is 8.12. The maximum absolute atomic E-state index is 5.94. The van der Waals surface area contributed by atoms with Gasteiger partial charge in [0, 0.05) is 15.8 Å². The van der Waals surface area contributed by atoms with Crippen molar-refractivity contribution in [3.05, 3.63) is 45.9 Å². The van der Waals surface area contributed by atoms with Gasteiger partial charge in [0.15, 0.2) is 5.13 Å². The summed E-state index contributed by atoms with van der Waals surface area (Å²) in [5.74, 6) is 0. The normalized spacial score (nSPS) is 17.7. The zero-order valence-electron chi connectivity index (χ0n) is 9.32. The van der Waals surface area contributed by atoms with Gasteiger partial charge in [0.1, 0.15) is 0 Å². The van der Waals surface area contributed by atoms with Crippen LogP contribution in [0.5, 0.6) is 0 Å². The van der Waals surface area contributed by atoms with Gasteiger partial charge in [-0.2, -0.15) is 0 Å². The zero-order chi connectivity index (χ0) is 11.9. The van der Waals surface area contributed by atoms with Crippen LogP contribution in [-0.4, -0.2) is 4.98 Å². The van der Waals surface area contributed by atoms with Gasteiger partial charge in [0.05, 0.1) is 5.69 Å². The quantitative estimate of drug-likeness (QED) is 0.895. The molecule has 0 aliphatic heterocycles. The largest absolute Gasteiger partial charge is 0.375 e. The average molecular weight is 265 g/mol. The van der Waals surface area contributed by atoms with Gasteiger partial charge in [0.2, 0.25) is 0 Å². The molecule has 1 aliphatic rings. The molecule has 0 unspecified atom stereocenters. The van der Waals surface area contributed by atoms with Crippen LogP contribution in [-0.2, 0) is 5.41 Å². The number of thiazole rings is 1. The molecule has 1 heterocycles. The van der Waals surface area contributed by atoms with Crippen LogP contribution in [0, 0.1) is 0 Å². The first-order chi connectivity index (χ1) is 8.21. The lowest BCUT2D eigenvalue weighted by Crippen LogP contribution is -2.35. The minimum Gasteiger partial charge on any atom is -0.375 e. The number of nitrogen functional groups attached to an aromatic ring is 1. The van der Waals surface area contributed by atoms with Gasteiger partial charge < -0.3 is 5.73 Å². The molecule has 17 heavy (non-hydrogen) atoms. The monoisotopic (exact) mass is 264 g/mol. The summed E-state index contributed by atoms with van der Waals surface area (Å²) < 4.78 is 0. The van der Waals surface area contributed by atoms with Crippen LogP contribution in [0.25, 0.3) is 0 Å². The van der Waals surface area contributed by atoms with E-state index in [2.05, 4.69) is 22.5 Å². The standard InChI is InChI=1S/C13H13ClN2S/c14-10-4-2-9(3-5-10)13(6-1-7-13)11-8-17-12(15)16-11/h2-5,8H,1,6-7H2,(H2,15,16). The van der Waals surface area contributed by atoms with Gasteiger partial charge in [0.25, 0.3) is 0 Å². The molecule has 1 fully saturated rings. The van der Waals surface area contributed by atoms with E-state index in [-0.39, 0.29) is 5.41 Å². The van der Waals surface area contributed by atoms with Crippen molar-refractivity contribution in [2.45, 2.75) is 24.7 Å². The number of nitrogens with two attached hydrogens (primary N) is 1. The molecule has 1 aromatic heterocycles. The SMILES string of the molecule is Nc1nc(C2(c3ccc(Cl)cc3)CCC2)cs1.